The maximum atomic E-state index is 12.9. The van der Waals surface area contributed by atoms with Crippen molar-refractivity contribution in [3.63, 3.8) is 0 Å². The van der Waals surface area contributed by atoms with Crippen molar-refractivity contribution < 1.29 is 14.3 Å². The van der Waals surface area contributed by atoms with E-state index in [0.717, 1.165) is 27.8 Å². The molecule has 1 aliphatic rings. The fourth-order valence-electron chi connectivity index (χ4n) is 3.72. The molecule has 3 rings (SSSR count). The van der Waals surface area contributed by atoms with Crippen LogP contribution in [0.25, 0.3) is 5.57 Å². The molecule has 2 atom stereocenters. The summed E-state index contributed by atoms with van der Waals surface area (Å²) < 4.78 is 5.21. The van der Waals surface area contributed by atoms with E-state index in [-0.39, 0.29) is 18.3 Å². The molecule has 0 heterocycles. The molecular formula is C23H24O3. The zero-order valence-electron chi connectivity index (χ0n) is 15.5. The van der Waals surface area contributed by atoms with Gasteiger partial charge in [-0.25, -0.2) is 0 Å². The van der Waals surface area contributed by atoms with Gasteiger partial charge in [0.05, 0.1) is 6.61 Å². The van der Waals surface area contributed by atoms with Crippen LogP contribution in [-0.2, 0) is 14.3 Å². The number of carbonyl (C=O) groups is 2. The summed E-state index contributed by atoms with van der Waals surface area (Å²) in [6.45, 7) is 6.10. The molecule has 26 heavy (non-hydrogen) atoms. The number of hydrogen-bond acceptors (Lipinski definition) is 3. The second-order valence-electron chi connectivity index (χ2n) is 6.84. The number of esters is 1. The number of rotatable bonds is 4. The first-order valence-corrected chi connectivity index (χ1v) is 9.05. The average Bonchev–Trinajstić information content (AvgIpc) is 2.61. The molecule has 0 unspecified atom stereocenters. The van der Waals surface area contributed by atoms with Crippen LogP contribution in [0.1, 0.15) is 41.5 Å². The zero-order valence-corrected chi connectivity index (χ0v) is 15.5. The van der Waals surface area contributed by atoms with Gasteiger partial charge in [-0.05, 0) is 55.5 Å². The molecule has 134 valence electrons. The molecular weight excluding hydrogens is 324 g/mol. The fourth-order valence-corrected chi connectivity index (χ4v) is 3.72. The highest BCUT2D eigenvalue weighted by molar-refractivity contribution is 6.10. The Kier molecular flexibility index (Phi) is 5.36. The predicted octanol–water partition coefficient (Wildman–Crippen LogP) is 4.62. The Morgan fingerprint density at radius 2 is 1.88 bits per heavy atom. The smallest absolute Gasteiger partial charge is 0.317 e. The van der Waals surface area contributed by atoms with Gasteiger partial charge in [0.1, 0.15) is 5.92 Å². The SMILES string of the molecule is CCOC(=O)[C@H]1C(=O)C=C(c2cccc(C)c2)C[C@@H]1c1ccccc1C. The van der Waals surface area contributed by atoms with Crippen molar-refractivity contribution in [3.8, 4) is 0 Å². The third-order valence-corrected chi connectivity index (χ3v) is 4.98. The molecule has 0 spiro atoms. The number of carbonyl (C=O) groups excluding carboxylic acids is 2. The quantitative estimate of drug-likeness (QED) is 0.598. The third-order valence-electron chi connectivity index (χ3n) is 4.98. The Hall–Kier alpha value is -2.68. The molecule has 3 heteroatoms. The van der Waals surface area contributed by atoms with Crippen LogP contribution >= 0.6 is 0 Å². The van der Waals surface area contributed by atoms with Gasteiger partial charge in [0.25, 0.3) is 0 Å². The fraction of sp³-hybridized carbons (Fsp3) is 0.304. The molecule has 0 amide bonds. The lowest BCUT2D eigenvalue weighted by Gasteiger charge is -2.30. The van der Waals surface area contributed by atoms with Crippen molar-refractivity contribution >= 4 is 17.3 Å². The number of benzene rings is 2. The van der Waals surface area contributed by atoms with E-state index in [4.69, 9.17) is 4.74 Å². The van der Waals surface area contributed by atoms with Gasteiger partial charge in [-0.1, -0.05) is 54.1 Å². The zero-order chi connectivity index (χ0) is 18.7. The van der Waals surface area contributed by atoms with Crippen molar-refractivity contribution in [1.82, 2.24) is 0 Å². The minimum Gasteiger partial charge on any atom is -0.465 e. The molecule has 3 nitrogen and oxygen atoms in total. The molecule has 0 fully saturated rings. The van der Waals surface area contributed by atoms with Crippen molar-refractivity contribution in [1.29, 1.82) is 0 Å². The van der Waals surface area contributed by atoms with Crippen LogP contribution < -0.4 is 0 Å². The van der Waals surface area contributed by atoms with Crippen LogP contribution in [0.2, 0.25) is 0 Å². The topological polar surface area (TPSA) is 43.4 Å². The maximum absolute atomic E-state index is 12.9. The first kappa shape index (κ1) is 18.1. The van der Waals surface area contributed by atoms with E-state index >= 15 is 0 Å². The Labute approximate surface area is 154 Å². The average molecular weight is 348 g/mol. The molecule has 0 N–H and O–H groups in total. The Bertz CT molecular complexity index is 863. The van der Waals surface area contributed by atoms with Gasteiger partial charge in [-0.2, -0.15) is 0 Å². The number of allylic oxidation sites excluding steroid dienone is 2. The van der Waals surface area contributed by atoms with E-state index in [9.17, 15) is 9.59 Å². The van der Waals surface area contributed by atoms with Crippen LogP contribution in [0.4, 0.5) is 0 Å². The highest BCUT2D eigenvalue weighted by Crippen LogP contribution is 2.41. The Morgan fingerprint density at radius 1 is 1.12 bits per heavy atom. The van der Waals surface area contributed by atoms with Gasteiger partial charge in [0, 0.05) is 5.92 Å². The largest absolute Gasteiger partial charge is 0.465 e. The summed E-state index contributed by atoms with van der Waals surface area (Å²) in [4.78, 5) is 25.4. The van der Waals surface area contributed by atoms with Crippen molar-refractivity contribution in [2.45, 2.75) is 33.1 Å². The van der Waals surface area contributed by atoms with E-state index in [1.54, 1.807) is 13.0 Å². The van der Waals surface area contributed by atoms with Crippen molar-refractivity contribution in [2.75, 3.05) is 6.61 Å². The summed E-state index contributed by atoms with van der Waals surface area (Å²) in [6.07, 6.45) is 2.27. The Balaban J connectivity index is 2.06. The summed E-state index contributed by atoms with van der Waals surface area (Å²) in [6, 6.07) is 16.1. The van der Waals surface area contributed by atoms with Crippen LogP contribution in [0.5, 0.6) is 0 Å². The predicted molar refractivity (Wildman–Crippen MR) is 103 cm³/mol. The lowest BCUT2D eigenvalue weighted by atomic mass is 9.72. The third kappa shape index (κ3) is 3.62. The molecule has 0 bridgehead atoms. The lowest BCUT2D eigenvalue weighted by molar-refractivity contribution is -0.151. The highest BCUT2D eigenvalue weighted by atomic mass is 16.5. The Morgan fingerprint density at radius 3 is 2.58 bits per heavy atom. The molecule has 2 aromatic rings. The van der Waals surface area contributed by atoms with Gasteiger partial charge in [-0.15, -0.1) is 0 Å². The second-order valence-corrected chi connectivity index (χ2v) is 6.84. The molecule has 0 aliphatic heterocycles. The summed E-state index contributed by atoms with van der Waals surface area (Å²) >= 11 is 0. The van der Waals surface area contributed by atoms with E-state index in [2.05, 4.69) is 6.07 Å². The van der Waals surface area contributed by atoms with Gasteiger partial charge in [0.15, 0.2) is 5.78 Å². The van der Waals surface area contributed by atoms with Gasteiger partial charge < -0.3 is 4.74 Å². The van der Waals surface area contributed by atoms with Gasteiger partial charge in [0.2, 0.25) is 0 Å². The van der Waals surface area contributed by atoms with Crippen molar-refractivity contribution in [3.05, 3.63) is 76.9 Å². The number of ketones is 1. The van der Waals surface area contributed by atoms with Gasteiger partial charge in [-0.3, -0.25) is 9.59 Å². The molecule has 0 radical (unpaired) electrons. The highest BCUT2D eigenvalue weighted by Gasteiger charge is 2.40. The summed E-state index contributed by atoms with van der Waals surface area (Å²) in [5.74, 6) is -1.57. The number of ether oxygens (including phenoxy) is 1. The van der Waals surface area contributed by atoms with Crippen LogP contribution in [0.3, 0.4) is 0 Å². The molecule has 2 aromatic carbocycles. The van der Waals surface area contributed by atoms with Crippen molar-refractivity contribution in [2.24, 2.45) is 5.92 Å². The van der Waals surface area contributed by atoms with Crippen LogP contribution in [-0.4, -0.2) is 18.4 Å². The monoisotopic (exact) mass is 348 g/mol. The first-order chi connectivity index (χ1) is 12.5. The van der Waals surface area contributed by atoms with E-state index in [1.807, 2.05) is 56.3 Å². The summed E-state index contributed by atoms with van der Waals surface area (Å²) in [5.41, 5.74) is 5.30. The van der Waals surface area contributed by atoms with E-state index in [0.29, 0.717) is 6.42 Å². The molecule has 0 saturated carbocycles. The standard InChI is InChI=1S/C23H24O3/c1-4-26-23(25)22-20(19-11-6-5-9-16(19)3)13-18(14-21(22)24)17-10-7-8-15(2)12-17/h5-12,14,20,22H,4,13H2,1-3H3/t20-,22-/m1/s1. The van der Waals surface area contributed by atoms with E-state index in [1.165, 1.54) is 0 Å². The molecule has 0 saturated heterocycles. The number of aryl methyl sites for hydroxylation is 2. The number of hydrogen-bond donors (Lipinski definition) is 0. The molecule has 1 aliphatic carbocycles. The van der Waals surface area contributed by atoms with Crippen LogP contribution in [0, 0.1) is 19.8 Å². The minimum absolute atomic E-state index is 0.167. The normalized spacial score (nSPS) is 19.8. The second kappa shape index (κ2) is 7.69. The van der Waals surface area contributed by atoms with Crippen LogP contribution in [0.15, 0.2) is 54.6 Å². The van der Waals surface area contributed by atoms with Gasteiger partial charge >= 0.3 is 5.97 Å². The minimum atomic E-state index is -0.774. The first-order valence-electron chi connectivity index (χ1n) is 9.05. The van der Waals surface area contributed by atoms with E-state index < -0.39 is 11.9 Å². The molecule has 0 aromatic heterocycles. The lowest BCUT2D eigenvalue weighted by Crippen LogP contribution is -2.34. The summed E-state index contributed by atoms with van der Waals surface area (Å²) in [5, 5.41) is 0. The maximum Gasteiger partial charge on any atom is 0.317 e. The summed E-state index contributed by atoms with van der Waals surface area (Å²) in [7, 11) is 0.